The fraction of sp³-hybridized carbons (Fsp3) is 0.733. The Kier molecular flexibility index (Phi) is 8.31. The number of nitrogens with one attached hydrogen (secondary N) is 1. The van der Waals surface area contributed by atoms with Crippen LogP contribution in [0.1, 0.15) is 43.2 Å². The number of hydrogen-bond acceptors (Lipinski definition) is 5. The average molecular weight is 348 g/mol. The first kappa shape index (κ1) is 19.4. The number of halogens is 1. The summed E-state index contributed by atoms with van der Waals surface area (Å²) >= 11 is 1.62. The number of amides is 1. The molecule has 0 radical (unpaired) electrons. The monoisotopic (exact) mass is 347 g/mol. The van der Waals surface area contributed by atoms with Crippen LogP contribution < -0.4 is 11.1 Å². The molecule has 2 rings (SSSR count). The molecule has 2 atom stereocenters. The van der Waals surface area contributed by atoms with Crippen LogP contribution in [0.15, 0.2) is 0 Å². The van der Waals surface area contributed by atoms with Crippen molar-refractivity contribution in [2.75, 3.05) is 19.0 Å². The minimum Gasteiger partial charge on any atom is -0.380 e. The largest absolute Gasteiger partial charge is 0.380 e. The van der Waals surface area contributed by atoms with Gasteiger partial charge in [-0.25, -0.2) is 4.98 Å². The summed E-state index contributed by atoms with van der Waals surface area (Å²) in [5.74, 6) is 0.699. The Labute approximate surface area is 142 Å². The molecule has 0 aliphatic heterocycles. The first-order valence-corrected chi connectivity index (χ1v) is 8.49. The molecule has 22 heavy (non-hydrogen) atoms. The van der Waals surface area contributed by atoms with Gasteiger partial charge in [0, 0.05) is 18.5 Å². The highest BCUT2D eigenvalue weighted by atomic mass is 35.5. The van der Waals surface area contributed by atoms with Crippen molar-refractivity contribution < 1.29 is 9.53 Å². The molecule has 1 aliphatic carbocycles. The maximum Gasteiger partial charge on any atom is 0.228 e. The zero-order valence-corrected chi connectivity index (χ0v) is 14.9. The lowest BCUT2D eigenvalue weighted by Gasteiger charge is -2.19. The number of methoxy groups -OCH3 is 1. The van der Waals surface area contributed by atoms with E-state index < -0.39 is 0 Å². The highest BCUT2D eigenvalue weighted by Crippen LogP contribution is 2.34. The van der Waals surface area contributed by atoms with Crippen LogP contribution in [0.3, 0.4) is 0 Å². The van der Waals surface area contributed by atoms with E-state index in [0.29, 0.717) is 11.7 Å². The van der Waals surface area contributed by atoms with Crippen LogP contribution >= 0.6 is 23.7 Å². The van der Waals surface area contributed by atoms with E-state index >= 15 is 0 Å². The molecule has 3 N–H and O–H groups in total. The van der Waals surface area contributed by atoms with Gasteiger partial charge in [0.2, 0.25) is 5.91 Å². The molecule has 1 aromatic heterocycles. The second-order valence-corrected chi connectivity index (χ2v) is 6.72. The zero-order valence-electron chi connectivity index (χ0n) is 13.3. The molecule has 1 aliphatic rings. The lowest BCUT2D eigenvalue weighted by Crippen LogP contribution is -2.28. The number of aryl methyl sites for hydroxylation is 1. The minimum atomic E-state index is -0.228. The minimum absolute atomic E-state index is 0. The predicted octanol–water partition coefficient (Wildman–Crippen LogP) is 2.77. The molecular formula is C15H26ClN3O2S. The highest BCUT2D eigenvalue weighted by Gasteiger charge is 2.22. The molecular weight excluding hydrogens is 322 g/mol. The van der Waals surface area contributed by atoms with Gasteiger partial charge < -0.3 is 15.8 Å². The molecule has 1 aromatic rings. The molecule has 0 saturated heterocycles. The Morgan fingerprint density at radius 1 is 1.59 bits per heavy atom. The second kappa shape index (κ2) is 9.45. The van der Waals surface area contributed by atoms with E-state index in [0.717, 1.165) is 18.8 Å². The number of ether oxygens (including phenoxy) is 1. The van der Waals surface area contributed by atoms with Crippen LogP contribution in [0.4, 0.5) is 5.13 Å². The van der Waals surface area contributed by atoms with Gasteiger partial charge >= 0.3 is 0 Å². The lowest BCUT2D eigenvalue weighted by molar-refractivity contribution is -0.118. The van der Waals surface area contributed by atoms with Gasteiger partial charge in [0.25, 0.3) is 0 Å². The summed E-state index contributed by atoms with van der Waals surface area (Å²) in [5, 5.41) is 3.59. The van der Waals surface area contributed by atoms with Crippen LogP contribution in [0, 0.1) is 5.92 Å². The number of fused-ring (bicyclic) bond motifs is 1. The van der Waals surface area contributed by atoms with Crippen molar-refractivity contribution in [3.8, 4) is 0 Å². The van der Waals surface area contributed by atoms with Crippen molar-refractivity contribution in [1.82, 2.24) is 4.98 Å². The zero-order chi connectivity index (χ0) is 15.2. The molecule has 0 spiro atoms. The van der Waals surface area contributed by atoms with Crippen molar-refractivity contribution in [2.45, 2.75) is 51.6 Å². The van der Waals surface area contributed by atoms with E-state index in [1.165, 1.54) is 29.8 Å². The summed E-state index contributed by atoms with van der Waals surface area (Å²) in [6.45, 7) is 2.58. The standard InChI is InChI=1S/C15H25N3O2S.ClH/c1-3-4-10-5-6-12-13(7-10)21-15(17-12)18-14(19)8-11(9-16)20-2;/h10-11H,3-9,16H2,1-2H3,(H,17,18,19);1H. The summed E-state index contributed by atoms with van der Waals surface area (Å²) in [4.78, 5) is 17.8. The van der Waals surface area contributed by atoms with Gasteiger partial charge in [0.05, 0.1) is 18.2 Å². The van der Waals surface area contributed by atoms with E-state index in [9.17, 15) is 4.79 Å². The number of carbonyl (C=O) groups is 1. The summed E-state index contributed by atoms with van der Waals surface area (Å²) in [5.41, 5.74) is 6.70. The Morgan fingerprint density at radius 3 is 3.00 bits per heavy atom. The normalized spacial score (nSPS) is 18.2. The molecule has 1 amide bonds. The van der Waals surface area contributed by atoms with Crippen LogP contribution in [-0.4, -0.2) is 30.6 Å². The third-order valence-corrected chi connectivity index (χ3v) is 5.03. The number of carbonyl (C=O) groups excluding carboxylic acids is 1. The number of nitrogens with zero attached hydrogens (tertiary/aromatic N) is 1. The summed E-state index contributed by atoms with van der Waals surface area (Å²) in [6, 6.07) is 0. The van der Waals surface area contributed by atoms with Gasteiger partial charge in [-0.1, -0.05) is 19.8 Å². The van der Waals surface area contributed by atoms with E-state index in [2.05, 4.69) is 17.2 Å². The van der Waals surface area contributed by atoms with Crippen molar-refractivity contribution in [2.24, 2.45) is 11.7 Å². The molecule has 0 saturated carbocycles. The van der Waals surface area contributed by atoms with Gasteiger partial charge in [-0.3, -0.25) is 4.79 Å². The first-order valence-electron chi connectivity index (χ1n) is 7.67. The number of thiazole rings is 1. The van der Waals surface area contributed by atoms with Gasteiger partial charge in [-0.15, -0.1) is 23.7 Å². The molecule has 5 nitrogen and oxygen atoms in total. The van der Waals surface area contributed by atoms with Crippen LogP contribution in [0.5, 0.6) is 0 Å². The molecule has 0 bridgehead atoms. The molecule has 0 fully saturated rings. The maximum atomic E-state index is 11.9. The summed E-state index contributed by atoms with van der Waals surface area (Å²) < 4.78 is 5.13. The summed E-state index contributed by atoms with van der Waals surface area (Å²) in [6.07, 6.45) is 5.93. The van der Waals surface area contributed by atoms with Gasteiger partial charge in [0.1, 0.15) is 0 Å². The molecule has 7 heteroatoms. The molecule has 1 heterocycles. The van der Waals surface area contributed by atoms with E-state index in [-0.39, 0.29) is 30.8 Å². The number of nitrogens with two attached hydrogens (primary N) is 1. The van der Waals surface area contributed by atoms with Crippen molar-refractivity contribution >= 4 is 34.8 Å². The van der Waals surface area contributed by atoms with Gasteiger partial charge in [0.15, 0.2) is 5.13 Å². The Morgan fingerprint density at radius 2 is 2.36 bits per heavy atom. The number of anilines is 1. The predicted molar refractivity (Wildman–Crippen MR) is 92.9 cm³/mol. The highest BCUT2D eigenvalue weighted by molar-refractivity contribution is 7.15. The number of rotatable bonds is 7. The average Bonchev–Trinajstić information content (AvgIpc) is 2.86. The summed E-state index contributed by atoms with van der Waals surface area (Å²) in [7, 11) is 1.57. The molecule has 126 valence electrons. The second-order valence-electron chi connectivity index (χ2n) is 5.63. The maximum absolute atomic E-state index is 11.9. The Bertz CT molecular complexity index is 477. The third-order valence-electron chi connectivity index (χ3n) is 3.99. The number of hydrogen-bond donors (Lipinski definition) is 2. The number of aromatic nitrogens is 1. The molecule has 2 unspecified atom stereocenters. The first-order chi connectivity index (χ1) is 10.2. The smallest absolute Gasteiger partial charge is 0.228 e. The fourth-order valence-corrected chi connectivity index (χ4v) is 3.93. The van der Waals surface area contributed by atoms with E-state index in [1.807, 2.05) is 0 Å². The van der Waals surface area contributed by atoms with Crippen LogP contribution in [0.2, 0.25) is 0 Å². The Balaban J connectivity index is 0.00000242. The molecule has 0 aromatic carbocycles. The van der Waals surface area contributed by atoms with Crippen molar-refractivity contribution in [3.63, 3.8) is 0 Å². The van der Waals surface area contributed by atoms with Gasteiger partial charge in [-0.05, 0) is 25.2 Å². The van der Waals surface area contributed by atoms with Crippen molar-refractivity contribution in [1.29, 1.82) is 0 Å². The van der Waals surface area contributed by atoms with Crippen LogP contribution in [0.25, 0.3) is 0 Å². The van der Waals surface area contributed by atoms with Gasteiger partial charge in [-0.2, -0.15) is 0 Å². The van der Waals surface area contributed by atoms with E-state index in [1.54, 1.807) is 18.4 Å². The van der Waals surface area contributed by atoms with Crippen molar-refractivity contribution in [3.05, 3.63) is 10.6 Å². The topological polar surface area (TPSA) is 77.2 Å². The lowest BCUT2D eigenvalue weighted by atomic mass is 9.88. The SMILES string of the molecule is CCCC1CCc2nc(NC(=O)CC(CN)OC)sc2C1.Cl. The quantitative estimate of drug-likeness (QED) is 0.795. The Hall–Kier alpha value is -0.690. The third kappa shape index (κ3) is 5.19. The van der Waals surface area contributed by atoms with Crippen LogP contribution in [-0.2, 0) is 22.4 Å². The fourth-order valence-electron chi connectivity index (χ4n) is 2.79. The van der Waals surface area contributed by atoms with E-state index in [4.69, 9.17) is 10.5 Å².